The number of aromatic nitrogens is 1. The van der Waals surface area contributed by atoms with Gasteiger partial charge in [-0.25, -0.2) is 4.79 Å². The third-order valence-corrected chi connectivity index (χ3v) is 5.30. The first kappa shape index (κ1) is 20.9. The van der Waals surface area contributed by atoms with E-state index in [0.29, 0.717) is 19.7 Å². The molecule has 2 aromatic carbocycles. The van der Waals surface area contributed by atoms with Crippen molar-refractivity contribution in [3.8, 4) is 5.75 Å². The topological polar surface area (TPSA) is 54.9 Å². The molecule has 1 aliphatic rings. The Morgan fingerprint density at radius 2 is 1.58 bits per heavy atom. The second-order valence-corrected chi connectivity index (χ2v) is 7.52. The average molecular weight is 418 g/mol. The van der Waals surface area contributed by atoms with Gasteiger partial charge in [-0.3, -0.25) is 9.88 Å². The lowest BCUT2D eigenvalue weighted by Crippen LogP contribution is -2.48. The first-order valence-corrected chi connectivity index (χ1v) is 10.6. The SMILES string of the molecule is O=C(OCc1ccccn1)N1CCN(Cc2ccccc2OCc2ccccc2)CC1. The van der Waals surface area contributed by atoms with E-state index >= 15 is 0 Å². The molecule has 0 radical (unpaired) electrons. The van der Waals surface area contributed by atoms with Gasteiger partial charge in [0, 0.05) is 44.5 Å². The highest BCUT2D eigenvalue weighted by Gasteiger charge is 2.23. The zero-order valence-corrected chi connectivity index (χ0v) is 17.5. The number of piperazine rings is 1. The van der Waals surface area contributed by atoms with E-state index in [2.05, 4.69) is 28.1 Å². The van der Waals surface area contributed by atoms with Crippen LogP contribution < -0.4 is 4.74 Å². The summed E-state index contributed by atoms with van der Waals surface area (Å²) in [5, 5.41) is 0. The van der Waals surface area contributed by atoms with Gasteiger partial charge in [-0.15, -0.1) is 0 Å². The zero-order chi connectivity index (χ0) is 21.3. The lowest BCUT2D eigenvalue weighted by molar-refractivity contribution is 0.0690. The van der Waals surface area contributed by atoms with Crippen LogP contribution >= 0.6 is 0 Å². The highest BCUT2D eigenvalue weighted by atomic mass is 16.6. The molecule has 0 spiro atoms. The smallest absolute Gasteiger partial charge is 0.410 e. The molecule has 1 saturated heterocycles. The number of amides is 1. The number of hydrogen-bond donors (Lipinski definition) is 0. The molecule has 160 valence electrons. The second kappa shape index (κ2) is 10.6. The van der Waals surface area contributed by atoms with E-state index in [-0.39, 0.29) is 12.7 Å². The molecule has 2 heterocycles. The predicted octanol–water partition coefficient (Wildman–Crippen LogP) is 4.12. The number of para-hydroxylation sites is 1. The molecule has 1 aromatic heterocycles. The Balaban J connectivity index is 1.25. The number of pyridine rings is 1. The van der Waals surface area contributed by atoms with Gasteiger partial charge in [0.1, 0.15) is 19.0 Å². The number of hydrogen-bond acceptors (Lipinski definition) is 5. The molecule has 3 aromatic rings. The molecule has 1 fully saturated rings. The highest BCUT2D eigenvalue weighted by molar-refractivity contribution is 5.67. The average Bonchev–Trinajstić information content (AvgIpc) is 2.84. The fourth-order valence-corrected chi connectivity index (χ4v) is 3.55. The van der Waals surface area contributed by atoms with Crippen LogP contribution in [0.15, 0.2) is 79.0 Å². The predicted molar refractivity (Wildman–Crippen MR) is 118 cm³/mol. The Morgan fingerprint density at radius 3 is 2.35 bits per heavy atom. The van der Waals surface area contributed by atoms with Gasteiger partial charge in [0.2, 0.25) is 0 Å². The summed E-state index contributed by atoms with van der Waals surface area (Å²) >= 11 is 0. The highest BCUT2D eigenvalue weighted by Crippen LogP contribution is 2.22. The Labute approximate surface area is 183 Å². The van der Waals surface area contributed by atoms with E-state index < -0.39 is 0 Å². The Kier molecular flexibility index (Phi) is 7.13. The van der Waals surface area contributed by atoms with Crippen molar-refractivity contribution in [2.75, 3.05) is 26.2 Å². The molecule has 0 aliphatic carbocycles. The van der Waals surface area contributed by atoms with Crippen LogP contribution in [0.1, 0.15) is 16.8 Å². The van der Waals surface area contributed by atoms with Crippen LogP contribution in [0, 0.1) is 0 Å². The monoisotopic (exact) mass is 417 g/mol. The molecule has 1 amide bonds. The summed E-state index contributed by atoms with van der Waals surface area (Å²) < 4.78 is 11.5. The van der Waals surface area contributed by atoms with E-state index in [1.807, 2.05) is 54.6 Å². The van der Waals surface area contributed by atoms with Gasteiger partial charge < -0.3 is 14.4 Å². The van der Waals surface area contributed by atoms with Crippen LogP contribution in [0.3, 0.4) is 0 Å². The molecular formula is C25H27N3O3. The van der Waals surface area contributed by atoms with Crippen molar-refractivity contribution in [2.45, 2.75) is 19.8 Å². The fourth-order valence-electron chi connectivity index (χ4n) is 3.55. The standard InChI is InChI=1S/C25H27N3O3/c29-25(31-20-23-11-6-7-13-26-23)28-16-14-27(15-17-28)18-22-10-4-5-12-24(22)30-19-21-8-2-1-3-9-21/h1-13H,14-20H2. The number of ether oxygens (including phenoxy) is 2. The summed E-state index contributed by atoms with van der Waals surface area (Å²) in [5.74, 6) is 0.906. The van der Waals surface area contributed by atoms with Crippen molar-refractivity contribution in [1.29, 1.82) is 0 Å². The summed E-state index contributed by atoms with van der Waals surface area (Å²) in [6, 6.07) is 23.9. The van der Waals surface area contributed by atoms with E-state index in [1.165, 1.54) is 0 Å². The quantitative estimate of drug-likeness (QED) is 0.579. The summed E-state index contributed by atoms with van der Waals surface area (Å²) in [4.78, 5) is 20.6. The number of benzene rings is 2. The molecule has 1 aliphatic heterocycles. The Hall–Kier alpha value is -3.38. The Bertz CT molecular complexity index is 958. The van der Waals surface area contributed by atoms with Crippen LogP contribution in [-0.4, -0.2) is 47.1 Å². The van der Waals surface area contributed by atoms with Gasteiger partial charge in [0.05, 0.1) is 5.69 Å². The van der Waals surface area contributed by atoms with Gasteiger partial charge >= 0.3 is 6.09 Å². The van der Waals surface area contributed by atoms with Crippen LogP contribution in [0.4, 0.5) is 4.79 Å². The number of carbonyl (C=O) groups excluding carboxylic acids is 1. The molecule has 0 saturated carbocycles. The van der Waals surface area contributed by atoms with Crippen LogP contribution in [-0.2, 0) is 24.5 Å². The van der Waals surface area contributed by atoms with Crippen molar-refractivity contribution in [1.82, 2.24) is 14.8 Å². The summed E-state index contributed by atoms with van der Waals surface area (Å²) in [6.45, 7) is 4.43. The van der Waals surface area contributed by atoms with Crippen LogP contribution in [0.5, 0.6) is 5.75 Å². The van der Waals surface area contributed by atoms with Gasteiger partial charge in [-0.05, 0) is 23.8 Å². The van der Waals surface area contributed by atoms with Gasteiger partial charge in [-0.1, -0.05) is 54.6 Å². The molecule has 0 N–H and O–H groups in total. The molecule has 31 heavy (non-hydrogen) atoms. The van der Waals surface area contributed by atoms with E-state index in [9.17, 15) is 4.79 Å². The second-order valence-electron chi connectivity index (χ2n) is 7.52. The third-order valence-electron chi connectivity index (χ3n) is 5.30. The minimum Gasteiger partial charge on any atom is -0.489 e. The summed E-state index contributed by atoms with van der Waals surface area (Å²) in [7, 11) is 0. The van der Waals surface area contributed by atoms with Crippen LogP contribution in [0.2, 0.25) is 0 Å². The number of rotatable bonds is 7. The van der Waals surface area contributed by atoms with Gasteiger partial charge in [-0.2, -0.15) is 0 Å². The first-order valence-electron chi connectivity index (χ1n) is 10.6. The fraction of sp³-hybridized carbons (Fsp3) is 0.280. The van der Waals surface area contributed by atoms with E-state index in [1.54, 1.807) is 11.1 Å². The molecule has 6 heteroatoms. The largest absolute Gasteiger partial charge is 0.489 e. The minimum absolute atomic E-state index is 0.200. The van der Waals surface area contributed by atoms with Crippen LogP contribution in [0.25, 0.3) is 0 Å². The Morgan fingerprint density at radius 1 is 0.839 bits per heavy atom. The molecular weight excluding hydrogens is 390 g/mol. The van der Waals surface area contributed by atoms with Crippen molar-refractivity contribution in [3.63, 3.8) is 0 Å². The van der Waals surface area contributed by atoms with Crippen molar-refractivity contribution in [3.05, 3.63) is 95.8 Å². The van der Waals surface area contributed by atoms with E-state index in [4.69, 9.17) is 9.47 Å². The zero-order valence-electron chi connectivity index (χ0n) is 17.5. The minimum atomic E-state index is -0.281. The van der Waals surface area contributed by atoms with E-state index in [0.717, 1.165) is 42.2 Å². The van der Waals surface area contributed by atoms with Gasteiger partial charge in [0.15, 0.2) is 0 Å². The van der Waals surface area contributed by atoms with Crippen molar-refractivity contribution >= 4 is 6.09 Å². The molecule has 0 atom stereocenters. The lowest BCUT2D eigenvalue weighted by Gasteiger charge is -2.34. The summed E-state index contributed by atoms with van der Waals surface area (Å²) in [6.07, 6.45) is 1.42. The molecule has 4 rings (SSSR count). The van der Waals surface area contributed by atoms with Crippen molar-refractivity contribution in [2.24, 2.45) is 0 Å². The van der Waals surface area contributed by atoms with Gasteiger partial charge in [0.25, 0.3) is 0 Å². The first-order chi connectivity index (χ1) is 15.3. The lowest BCUT2D eigenvalue weighted by atomic mass is 10.1. The maximum Gasteiger partial charge on any atom is 0.410 e. The summed E-state index contributed by atoms with van der Waals surface area (Å²) in [5.41, 5.74) is 3.06. The third kappa shape index (κ3) is 6.06. The molecule has 0 unspecified atom stereocenters. The maximum absolute atomic E-state index is 12.3. The van der Waals surface area contributed by atoms with Crippen molar-refractivity contribution < 1.29 is 14.3 Å². The number of nitrogens with zero attached hydrogens (tertiary/aromatic N) is 3. The molecule has 6 nitrogen and oxygen atoms in total. The maximum atomic E-state index is 12.3. The molecule has 0 bridgehead atoms. The number of carbonyl (C=O) groups is 1. The normalized spacial score (nSPS) is 14.3.